The minimum atomic E-state index is -1.15. The van der Waals surface area contributed by atoms with Gasteiger partial charge in [-0.05, 0) is 60.7 Å². The van der Waals surface area contributed by atoms with Crippen molar-refractivity contribution in [3.8, 4) is 5.75 Å². The molecule has 8 nitrogen and oxygen atoms in total. The Balaban J connectivity index is 1.70. The van der Waals surface area contributed by atoms with Gasteiger partial charge in [-0.1, -0.05) is 30.3 Å². The number of carbonyl (C=O) groups is 3. The predicted molar refractivity (Wildman–Crippen MR) is 128 cm³/mol. The van der Waals surface area contributed by atoms with Crippen LogP contribution in [0.3, 0.4) is 0 Å². The summed E-state index contributed by atoms with van der Waals surface area (Å²) in [5, 5.41) is 5.08. The number of esters is 1. The SMILES string of the molecule is CNC(=O)NC(=O)C(C)OC(=O)c1c2c(nc3ccccc13)/C(=C/c1ccc(OC)cc1)CC2. The molecule has 0 saturated heterocycles. The molecule has 0 fully saturated rings. The van der Waals surface area contributed by atoms with Gasteiger partial charge in [0.2, 0.25) is 0 Å². The van der Waals surface area contributed by atoms with Crippen molar-refractivity contribution in [3.05, 3.63) is 70.9 Å². The van der Waals surface area contributed by atoms with Crippen molar-refractivity contribution in [2.45, 2.75) is 25.9 Å². The number of nitrogens with zero attached hydrogens (tertiary/aromatic N) is 1. The maximum Gasteiger partial charge on any atom is 0.339 e. The normalized spacial score (nSPS) is 14.4. The minimum absolute atomic E-state index is 0.401. The van der Waals surface area contributed by atoms with E-state index in [0.29, 0.717) is 22.9 Å². The van der Waals surface area contributed by atoms with E-state index in [2.05, 4.69) is 16.7 Å². The highest BCUT2D eigenvalue weighted by atomic mass is 16.5. The molecule has 2 aromatic carbocycles. The summed E-state index contributed by atoms with van der Waals surface area (Å²) >= 11 is 0. The summed E-state index contributed by atoms with van der Waals surface area (Å²) in [6, 6.07) is 14.4. The summed E-state index contributed by atoms with van der Waals surface area (Å²) in [6.45, 7) is 1.43. The topological polar surface area (TPSA) is 107 Å². The van der Waals surface area contributed by atoms with E-state index < -0.39 is 24.0 Å². The second kappa shape index (κ2) is 9.74. The molecule has 2 N–H and O–H groups in total. The number of methoxy groups -OCH3 is 1. The summed E-state index contributed by atoms with van der Waals surface area (Å²) < 4.78 is 10.7. The third-order valence-electron chi connectivity index (χ3n) is 5.72. The van der Waals surface area contributed by atoms with Crippen LogP contribution < -0.4 is 15.4 Å². The Morgan fingerprint density at radius 2 is 1.79 bits per heavy atom. The molecule has 1 heterocycles. The number of fused-ring (bicyclic) bond motifs is 2. The Bertz CT molecular complexity index is 1300. The molecule has 1 aromatic heterocycles. The van der Waals surface area contributed by atoms with E-state index in [4.69, 9.17) is 14.5 Å². The Morgan fingerprint density at radius 1 is 1.06 bits per heavy atom. The maximum atomic E-state index is 13.3. The van der Waals surface area contributed by atoms with Crippen molar-refractivity contribution in [2.75, 3.05) is 14.2 Å². The zero-order valence-corrected chi connectivity index (χ0v) is 19.2. The van der Waals surface area contributed by atoms with Gasteiger partial charge in [0.1, 0.15) is 5.75 Å². The lowest BCUT2D eigenvalue weighted by molar-refractivity contribution is -0.127. The number of carbonyl (C=O) groups excluding carboxylic acids is 3. The van der Waals surface area contributed by atoms with E-state index in [-0.39, 0.29) is 0 Å². The molecular weight excluding hydrogens is 434 g/mol. The Labute approximate surface area is 197 Å². The fraction of sp³-hybridized carbons (Fsp3) is 0.231. The number of nitrogens with one attached hydrogen (secondary N) is 2. The smallest absolute Gasteiger partial charge is 0.339 e. The van der Waals surface area contributed by atoms with Crippen LogP contribution in [-0.2, 0) is 16.0 Å². The average Bonchev–Trinajstić information content (AvgIpc) is 3.24. The van der Waals surface area contributed by atoms with Gasteiger partial charge >= 0.3 is 12.0 Å². The lowest BCUT2D eigenvalue weighted by Gasteiger charge is -2.16. The molecule has 0 aliphatic heterocycles. The second-order valence-electron chi connectivity index (χ2n) is 7.89. The lowest BCUT2D eigenvalue weighted by Crippen LogP contribution is -2.43. The van der Waals surface area contributed by atoms with Crippen molar-refractivity contribution >= 4 is 40.5 Å². The van der Waals surface area contributed by atoms with Crippen LogP contribution in [0.5, 0.6) is 5.75 Å². The molecule has 1 atom stereocenters. The quantitative estimate of drug-likeness (QED) is 0.563. The molecule has 174 valence electrons. The molecule has 34 heavy (non-hydrogen) atoms. The lowest BCUT2D eigenvalue weighted by atomic mass is 10.0. The van der Waals surface area contributed by atoms with E-state index in [9.17, 15) is 14.4 Å². The summed E-state index contributed by atoms with van der Waals surface area (Å²) in [5.74, 6) is -0.555. The Hall–Kier alpha value is -4.20. The fourth-order valence-electron chi connectivity index (χ4n) is 3.96. The van der Waals surface area contributed by atoms with Gasteiger partial charge in [0.25, 0.3) is 5.91 Å². The van der Waals surface area contributed by atoms with Crippen LogP contribution in [0.1, 0.15) is 40.5 Å². The number of amides is 3. The van der Waals surface area contributed by atoms with Crippen LogP contribution in [0.15, 0.2) is 48.5 Å². The molecule has 8 heteroatoms. The number of benzene rings is 2. The molecule has 0 bridgehead atoms. The average molecular weight is 460 g/mol. The highest BCUT2D eigenvalue weighted by Gasteiger charge is 2.29. The van der Waals surface area contributed by atoms with Gasteiger partial charge in [-0.3, -0.25) is 10.1 Å². The third-order valence-corrected chi connectivity index (χ3v) is 5.72. The standard InChI is InChI=1S/C26H25N3O5/c1-15(24(30)29-26(32)27-2)34-25(31)22-19-6-4-5-7-21(19)28-23-17(10-13-20(22)23)14-16-8-11-18(33-3)12-9-16/h4-9,11-12,14-15H,10,13H2,1-3H3,(H2,27,29,30,32)/b17-14+. The van der Waals surface area contributed by atoms with Crippen molar-refractivity contribution in [3.63, 3.8) is 0 Å². The van der Waals surface area contributed by atoms with Crippen molar-refractivity contribution < 1.29 is 23.9 Å². The fourth-order valence-corrected chi connectivity index (χ4v) is 3.96. The van der Waals surface area contributed by atoms with E-state index in [0.717, 1.165) is 34.6 Å². The molecule has 0 saturated carbocycles. The number of hydrogen-bond donors (Lipinski definition) is 2. The van der Waals surface area contributed by atoms with Gasteiger partial charge in [0.15, 0.2) is 6.10 Å². The van der Waals surface area contributed by atoms with E-state index in [1.165, 1.54) is 14.0 Å². The number of imide groups is 1. The minimum Gasteiger partial charge on any atom is -0.497 e. The number of allylic oxidation sites excluding steroid dienone is 1. The van der Waals surface area contributed by atoms with Gasteiger partial charge in [-0.25, -0.2) is 14.6 Å². The van der Waals surface area contributed by atoms with Crippen LogP contribution in [0.4, 0.5) is 4.79 Å². The summed E-state index contributed by atoms with van der Waals surface area (Å²) in [6.07, 6.45) is 2.25. The van der Waals surface area contributed by atoms with E-state index >= 15 is 0 Å². The molecule has 0 radical (unpaired) electrons. The van der Waals surface area contributed by atoms with Crippen LogP contribution in [0, 0.1) is 0 Å². The molecule has 3 aromatic rings. The van der Waals surface area contributed by atoms with E-state index in [1.54, 1.807) is 7.11 Å². The second-order valence-corrected chi connectivity index (χ2v) is 7.89. The number of pyridine rings is 1. The number of ether oxygens (including phenoxy) is 2. The zero-order valence-electron chi connectivity index (χ0n) is 19.2. The number of rotatable bonds is 5. The number of hydrogen-bond acceptors (Lipinski definition) is 6. The molecular formula is C26H25N3O5. The van der Waals surface area contributed by atoms with E-state index in [1.807, 2.05) is 48.5 Å². The van der Waals surface area contributed by atoms with Gasteiger partial charge in [0.05, 0.1) is 23.9 Å². The van der Waals surface area contributed by atoms with Crippen molar-refractivity contribution in [1.29, 1.82) is 0 Å². The molecule has 1 unspecified atom stereocenters. The Kier molecular flexibility index (Phi) is 6.58. The molecule has 3 amide bonds. The summed E-state index contributed by atoms with van der Waals surface area (Å²) in [4.78, 5) is 41.7. The first-order valence-corrected chi connectivity index (χ1v) is 10.9. The van der Waals surface area contributed by atoms with Crippen LogP contribution in [0.25, 0.3) is 22.6 Å². The molecule has 1 aliphatic carbocycles. The van der Waals surface area contributed by atoms with Crippen molar-refractivity contribution in [1.82, 2.24) is 15.6 Å². The number of urea groups is 1. The third kappa shape index (κ3) is 4.61. The Morgan fingerprint density at radius 3 is 2.50 bits per heavy atom. The van der Waals surface area contributed by atoms with Crippen LogP contribution in [-0.4, -0.2) is 43.2 Å². The molecule has 4 rings (SSSR count). The largest absolute Gasteiger partial charge is 0.497 e. The number of aromatic nitrogens is 1. The van der Waals surface area contributed by atoms with Crippen LogP contribution >= 0.6 is 0 Å². The predicted octanol–water partition coefficient (Wildman–Crippen LogP) is 3.73. The van der Waals surface area contributed by atoms with Crippen LogP contribution in [0.2, 0.25) is 0 Å². The maximum absolute atomic E-state index is 13.3. The highest BCUT2D eigenvalue weighted by molar-refractivity contribution is 6.08. The van der Waals surface area contributed by atoms with Crippen molar-refractivity contribution in [2.24, 2.45) is 0 Å². The first kappa shape index (κ1) is 23.0. The molecule has 0 spiro atoms. The first-order valence-electron chi connectivity index (χ1n) is 10.9. The van der Waals surface area contributed by atoms with Gasteiger partial charge < -0.3 is 14.8 Å². The molecule has 1 aliphatic rings. The number of para-hydroxylation sites is 1. The monoisotopic (exact) mass is 459 g/mol. The van der Waals surface area contributed by atoms with Gasteiger partial charge in [-0.15, -0.1) is 0 Å². The zero-order chi connectivity index (χ0) is 24.2. The van der Waals surface area contributed by atoms with Gasteiger partial charge in [-0.2, -0.15) is 0 Å². The highest BCUT2D eigenvalue weighted by Crippen LogP contribution is 2.38. The summed E-state index contributed by atoms with van der Waals surface area (Å²) in [5.41, 5.74) is 4.63. The van der Waals surface area contributed by atoms with Gasteiger partial charge in [0, 0.05) is 12.4 Å². The summed E-state index contributed by atoms with van der Waals surface area (Å²) in [7, 11) is 3.02. The first-order chi connectivity index (χ1) is 16.4.